The Labute approximate surface area is 487 Å². The van der Waals surface area contributed by atoms with Crippen molar-refractivity contribution in [3.8, 4) is 0 Å². The summed E-state index contributed by atoms with van der Waals surface area (Å²) in [7, 11) is 5.92. The number of carbonyl (C=O) groups is 3. The second-order valence-electron chi connectivity index (χ2n) is 23.4. The van der Waals surface area contributed by atoms with Gasteiger partial charge in [0, 0.05) is 12.8 Å². The number of ether oxygens (including phenoxy) is 4. The predicted molar refractivity (Wildman–Crippen MR) is 334 cm³/mol. The van der Waals surface area contributed by atoms with Gasteiger partial charge >= 0.3 is 11.9 Å². The smallest absolute Gasteiger partial charge is 0.306 e. The highest BCUT2D eigenvalue weighted by molar-refractivity contribution is 5.70. The SMILES string of the molecule is CC/C=C\C/C=C\C/C=C\C/C=C\CCCCCCCCCCCCCCCCCCCCCCCCCCCCCCC(=O)OC(COC(=O)CCCCCCC/C=C\C/C=C\CCC)COC(OCC[N+](C)(C)C)C(=O)[O-]. The molecule has 0 saturated carbocycles. The van der Waals surface area contributed by atoms with Gasteiger partial charge in [-0.3, -0.25) is 9.59 Å². The van der Waals surface area contributed by atoms with Crippen LogP contribution >= 0.6 is 0 Å². The summed E-state index contributed by atoms with van der Waals surface area (Å²) in [6.45, 7) is 4.57. The molecule has 0 aromatic heterocycles. The summed E-state index contributed by atoms with van der Waals surface area (Å²) < 4.78 is 22.7. The molecule has 9 nitrogen and oxygen atoms in total. The molecule has 9 heteroatoms. The Kier molecular flexibility index (Phi) is 58.3. The van der Waals surface area contributed by atoms with E-state index in [1.54, 1.807) is 0 Å². The molecule has 0 bridgehead atoms. The van der Waals surface area contributed by atoms with Gasteiger partial charge in [-0.25, -0.2) is 0 Å². The maximum absolute atomic E-state index is 12.9. The number of allylic oxidation sites excluding steroid dienone is 12. The van der Waals surface area contributed by atoms with Crippen LogP contribution < -0.4 is 5.11 Å². The van der Waals surface area contributed by atoms with Crippen LogP contribution in [0.2, 0.25) is 0 Å². The average Bonchev–Trinajstić information content (AvgIpc) is 3.42. The number of quaternary nitrogens is 1. The predicted octanol–water partition coefficient (Wildman–Crippen LogP) is 18.8. The maximum atomic E-state index is 12.9. The van der Waals surface area contributed by atoms with Gasteiger partial charge in [-0.05, 0) is 77.0 Å². The van der Waals surface area contributed by atoms with Crippen LogP contribution in [0, 0.1) is 0 Å². The van der Waals surface area contributed by atoms with E-state index < -0.39 is 24.3 Å². The van der Waals surface area contributed by atoms with Crippen molar-refractivity contribution in [1.82, 2.24) is 0 Å². The lowest BCUT2D eigenvalue weighted by molar-refractivity contribution is -0.870. The summed E-state index contributed by atoms with van der Waals surface area (Å²) in [5, 5.41) is 11.8. The monoisotopic (exact) mass is 1110 g/mol. The van der Waals surface area contributed by atoms with E-state index in [-0.39, 0.29) is 38.6 Å². The van der Waals surface area contributed by atoms with E-state index in [1.165, 1.54) is 173 Å². The Morgan fingerprint density at radius 3 is 1.08 bits per heavy atom. The highest BCUT2D eigenvalue weighted by Crippen LogP contribution is 2.18. The number of hydrogen-bond acceptors (Lipinski definition) is 8. The lowest BCUT2D eigenvalue weighted by atomic mass is 10.0. The van der Waals surface area contributed by atoms with E-state index in [9.17, 15) is 19.5 Å². The minimum absolute atomic E-state index is 0.146. The second-order valence-corrected chi connectivity index (χ2v) is 23.4. The molecule has 0 amide bonds. The summed E-state index contributed by atoms with van der Waals surface area (Å²) in [5.41, 5.74) is 0. The van der Waals surface area contributed by atoms with Gasteiger partial charge < -0.3 is 33.3 Å². The van der Waals surface area contributed by atoms with Crippen LogP contribution in [0.25, 0.3) is 0 Å². The van der Waals surface area contributed by atoms with E-state index >= 15 is 0 Å². The molecular weight excluding hydrogens is 983 g/mol. The Morgan fingerprint density at radius 2 is 0.722 bits per heavy atom. The van der Waals surface area contributed by atoms with Crippen molar-refractivity contribution in [2.45, 2.75) is 309 Å². The van der Waals surface area contributed by atoms with E-state index in [4.69, 9.17) is 18.9 Å². The van der Waals surface area contributed by atoms with E-state index in [0.717, 1.165) is 89.9 Å². The Hall–Kier alpha value is -3.27. The number of nitrogens with zero attached hydrogens (tertiary/aromatic N) is 1. The van der Waals surface area contributed by atoms with Crippen LogP contribution in [-0.4, -0.2) is 82.3 Å². The number of carbonyl (C=O) groups excluding carboxylic acids is 3. The molecule has 0 spiro atoms. The first-order chi connectivity index (χ1) is 38.6. The lowest BCUT2D eigenvalue weighted by Crippen LogP contribution is -2.44. The third-order valence-corrected chi connectivity index (χ3v) is 14.4. The topological polar surface area (TPSA) is 111 Å². The van der Waals surface area contributed by atoms with Crippen molar-refractivity contribution in [3.05, 3.63) is 72.9 Å². The fraction of sp³-hybridized carbons (Fsp3) is 0.786. The standard InChI is InChI=1S/C70H125NO8/c1-6-8-10-12-14-16-18-20-21-22-23-24-25-26-27-28-29-30-31-32-33-34-35-36-37-38-39-40-41-42-43-44-45-46-47-49-51-53-55-57-59-61-68(73)79-66(65-78-70(69(74)75)76-63-62-71(3,4)5)64-77-67(72)60-58-56-54-52-50-48-19-17-15-13-11-9-7-2/h8,10-11,13-14,16-17,19-21,23-24,66,70H,6-7,9,12,15,18,22,25-65H2,1-5H3/b10-8-,13-11-,16-14-,19-17-,21-20-,24-23-. The van der Waals surface area contributed by atoms with E-state index in [0.29, 0.717) is 17.4 Å². The number of unbranched alkanes of at least 4 members (excludes halogenated alkanes) is 34. The highest BCUT2D eigenvalue weighted by Gasteiger charge is 2.22. The molecule has 0 aromatic carbocycles. The fourth-order valence-corrected chi connectivity index (χ4v) is 9.39. The van der Waals surface area contributed by atoms with Gasteiger partial charge in [-0.1, -0.05) is 279 Å². The molecular formula is C70H125NO8. The number of carboxylic acids is 1. The van der Waals surface area contributed by atoms with Crippen LogP contribution in [0.1, 0.15) is 296 Å². The third-order valence-electron chi connectivity index (χ3n) is 14.4. The summed E-state index contributed by atoms with van der Waals surface area (Å²) in [6, 6.07) is 0. The molecule has 0 fully saturated rings. The van der Waals surface area contributed by atoms with Gasteiger partial charge in [-0.15, -0.1) is 0 Å². The first-order valence-electron chi connectivity index (χ1n) is 33.1. The van der Waals surface area contributed by atoms with Crippen molar-refractivity contribution < 1.29 is 42.9 Å². The Bertz CT molecular complexity index is 1520. The molecule has 0 radical (unpaired) electrons. The van der Waals surface area contributed by atoms with Gasteiger partial charge in [-0.2, -0.15) is 0 Å². The van der Waals surface area contributed by atoms with Gasteiger partial charge in [0.25, 0.3) is 0 Å². The number of carboxylic acid groups (broad SMARTS) is 1. The number of esters is 2. The molecule has 0 aromatic rings. The molecule has 458 valence electrons. The maximum Gasteiger partial charge on any atom is 0.306 e. The quantitative estimate of drug-likeness (QED) is 0.0195. The van der Waals surface area contributed by atoms with Gasteiger partial charge in [0.1, 0.15) is 13.2 Å². The number of aliphatic carboxylic acids is 1. The normalized spacial score (nSPS) is 13.2. The van der Waals surface area contributed by atoms with Gasteiger partial charge in [0.05, 0.1) is 40.3 Å². The van der Waals surface area contributed by atoms with Crippen LogP contribution in [0.3, 0.4) is 0 Å². The van der Waals surface area contributed by atoms with Crippen molar-refractivity contribution in [1.29, 1.82) is 0 Å². The summed E-state index contributed by atoms with van der Waals surface area (Å²) >= 11 is 0. The average molecular weight is 1110 g/mol. The van der Waals surface area contributed by atoms with Gasteiger partial charge in [0.15, 0.2) is 12.4 Å². The molecule has 2 atom stereocenters. The number of likely N-dealkylation sites (N-methyl/N-ethyl adjacent to an activating group) is 1. The molecule has 0 N–H and O–H groups in total. The Balaban J connectivity index is 3.90. The summed E-state index contributed by atoms with van der Waals surface area (Å²) in [5.74, 6) is -2.29. The van der Waals surface area contributed by atoms with Crippen LogP contribution in [-0.2, 0) is 33.3 Å². The molecule has 0 heterocycles. The molecule has 79 heavy (non-hydrogen) atoms. The zero-order chi connectivity index (χ0) is 57.6. The summed E-state index contributed by atoms with van der Waals surface area (Å²) in [4.78, 5) is 37.3. The first kappa shape index (κ1) is 75.7. The number of rotatable bonds is 61. The van der Waals surface area contributed by atoms with E-state index in [2.05, 4.69) is 86.8 Å². The zero-order valence-electron chi connectivity index (χ0n) is 52.2. The molecule has 0 rings (SSSR count). The zero-order valence-corrected chi connectivity index (χ0v) is 52.2. The van der Waals surface area contributed by atoms with Crippen molar-refractivity contribution in [3.63, 3.8) is 0 Å². The first-order valence-corrected chi connectivity index (χ1v) is 33.1. The Morgan fingerprint density at radius 1 is 0.392 bits per heavy atom. The third kappa shape index (κ3) is 62.2. The van der Waals surface area contributed by atoms with E-state index in [1.807, 2.05) is 21.1 Å². The minimum atomic E-state index is -1.62. The second kappa shape index (κ2) is 60.8. The fourth-order valence-electron chi connectivity index (χ4n) is 9.39. The molecule has 0 aliphatic rings. The van der Waals surface area contributed by atoms with Crippen LogP contribution in [0.5, 0.6) is 0 Å². The molecule has 0 aliphatic carbocycles. The highest BCUT2D eigenvalue weighted by atomic mass is 16.7. The molecule has 0 saturated heterocycles. The van der Waals surface area contributed by atoms with Crippen molar-refractivity contribution in [2.75, 3.05) is 47.5 Å². The molecule has 2 unspecified atom stereocenters. The van der Waals surface area contributed by atoms with Crippen molar-refractivity contribution >= 4 is 17.9 Å². The van der Waals surface area contributed by atoms with Crippen LogP contribution in [0.15, 0.2) is 72.9 Å². The molecule has 0 aliphatic heterocycles. The minimum Gasteiger partial charge on any atom is -0.545 e. The largest absolute Gasteiger partial charge is 0.545 e. The number of hydrogen-bond donors (Lipinski definition) is 0. The van der Waals surface area contributed by atoms with Crippen LogP contribution in [0.4, 0.5) is 0 Å². The van der Waals surface area contributed by atoms with Crippen molar-refractivity contribution in [2.24, 2.45) is 0 Å². The summed E-state index contributed by atoms with van der Waals surface area (Å²) in [6.07, 6.45) is 77.3. The van der Waals surface area contributed by atoms with Gasteiger partial charge in [0.2, 0.25) is 0 Å². The lowest BCUT2D eigenvalue weighted by Gasteiger charge is -2.26.